The third-order valence-electron chi connectivity index (χ3n) is 5.84. The van der Waals surface area contributed by atoms with Gasteiger partial charge in [-0.2, -0.15) is 0 Å². The second kappa shape index (κ2) is 6.41. The Morgan fingerprint density at radius 2 is 1.61 bits per heavy atom. The molecular formula is C22H16BrNO4. The first-order valence-corrected chi connectivity index (χ1v) is 9.96. The molecule has 0 unspecified atom stereocenters. The maximum Gasteiger partial charge on any atom is 0.343 e. The van der Waals surface area contributed by atoms with E-state index in [1.807, 2.05) is 0 Å². The number of amides is 2. The van der Waals surface area contributed by atoms with Gasteiger partial charge in [-0.05, 0) is 54.7 Å². The normalized spacial score (nSPS) is 27.4. The van der Waals surface area contributed by atoms with Crippen molar-refractivity contribution >= 4 is 39.4 Å². The number of carbonyl (C=O) groups excluding carboxylic acids is 3. The largest absolute Gasteiger partial charge is 0.423 e. The minimum absolute atomic E-state index is 0.150. The monoisotopic (exact) mass is 437 g/mol. The van der Waals surface area contributed by atoms with E-state index in [2.05, 4.69) is 28.1 Å². The van der Waals surface area contributed by atoms with Crippen molar-refractivity contribution in [3.05, 3.63) is 70.7 Å². The van der Waals surface area contributed by atoms with Gasteiger partial charge in [0.2, 0.25) is 11.8 Å². The first-order chi connectivity index (χ1) is 13.5. The van der Waals surface area contributed by atoms with Gasteiger partial charge in [0, 0.05) is 10.5 Å². The van der Waals surface area contributed by atoms with Crippen molar-refractivity contribution < 1.29 is 19.1 Å². The number of esters is 1. The van der Waals surface area contributed by atoms with Gasteiger partial charge in [-0.3, -0.25) is 9.59 Å². The highest BCUT2D eigenvalue weighted by Crippen LogP contribution is 2.53. The lowest BCUT2D eigenvalue weighted by Gasteiger charge is -2.18. The molecule has 0 N–H and O–H groups in total. The SMILES string of the molecule is O=C(Oc1cccc(N2C(=O)[C@@H]3[C@H](C2=O)[C@H]2C=C[C@H]3C2)c1)c1ccc(Br)cc1. The molecule has 2 fully saturated rings. The number of benzene rings is 2. The molecule has 5 nitrogen and oxygen atoms in total. The summed E-state index contributed by atoms with van der Waals surface area (Å²) in [5.41, 5.74) is 0.865. The topological polar surface area (TPSA) is 63.7 Å². The van der Waals surface area contributed by atoms with Gasteiger partial charge in [0.1, 0.15) is 5.75 Å². The van der Waals surface area contributed by atoms with Crippen LogP contribution in [0.2, 0.25) is 0 Å². The van der Waals surface area contributed by atoms with Crippen LogP contribution >= 0.6 is 15.9 Å². The molecule has 1 saturated heterocycles. The lowest BCUT2D eigenvalue weighted by atomic mass is 9.85. The molecule has 1 saturated carbocycles. The van der Waals surface area contributed by atoms with Gasteiger partial charge in [-0.1, -0.05) is 34.1 Å². The van der Waals surface area contributed by atoms with E-state index in [1.54, 1.807) is 48.5 Å². The summed E-state index contributed by atoms with van der Waals surface area (Å²) in [5, 5.41) is 0. The maximum atomic E-state index is 12.9. The highest BCUT2D eigenvalue weighted by Gasteiger charge is 2.59. The van der Waals surface area contributed by atoms with E-state index in [4.69, 9.17) is 4.74 Å². The van der Waals surface area contributed by atoms with E-state index in [0.717, 1.165) is 10.9 Å². The molecule has 1 heterocycles. The average molecular weight is 438 g/mol. The molecule has 0 aromatic heterocycles. The zero-order chi connectivity index (χ0) is 19.4. The fourth-order valence-corrected chi connectivity index (χ4v) is 4.86. The molecule has 2 aliphatic carbocycles. The van der Waals surface area contributed by atoms with Gasteiger partial charge in [0.15, 0.2) is 0 Å². The standard InChI is InChI=1S/C22H16BrNO4/c23-15-8-6-12(7-9-15)22(27)28-17-3-1-2-16(11-17)24-20(25)18-13-4-5-14(10-13)19(18)21(24)26/h1-9,11,13-14,18-19H,10H2/t13-,14-,18-,19+/m0/s1. The van der Waals surface area contributed by atoms with Gasteiger partial charge in [0.25, 0.3) is 0 Å². The van der Waals surface area contributed by atoms with Crippen LogP contribution in [0.4, 0.5) is 5.69 Å². The smallest absolute Gasteiger partial charge is 0.343 e. The van der Waals surface area contributed by atoms with Crippen LogP contribution in [0.15, 0.2) is 65.2 Å². The number of halogens is 1. The Balaban J connectivity index is 1.39. The van der Waals surface area contributed by atoms with Gasteiger partial charge in [-0.25, -0.2) is 9.69 Å². The summed E-state index contributed by atoms with van der Waals surface area (Å²) in [5.74, 6) is -0.684. The van der Waals surface area contributed by atoms with E-state index >= 15 is 0 Å². The molecule has 140 valence electrons. The van der Waals surface area contributed by atoms with Crippen LogP contribution in [-0.4, -0.2) is 17.8 Å². The van der Waals surface area contributed by atoms with Crippen molar-refractivity contribution in [3.8, 4) is 5.75 Å². The molecule has 0 radical (unpaired) electrons. The molecular weight excluding hydrogens is 422 g/mol. The minimum atomic E-state index is -0.497. The molecule has 4 atom stereocenters. The van der Waals surface area contributed by atoms with Crippen molar-refractivity contribution in [2.45, 2.75) is 6.42 Å². The maximum absolute atomic E-state index is 12.9. The van der Waals surface area contributed by atoms with Crippen LogP contribution in [0.5, 0.6) is 5.75 Å². The molecule has 2 bridgehead atoms. The number of rotatable bonds is 3. The van der Waals surface area contributed by atoms with Crippen molar-refractivity contribution in [3.63, 3.8) is 0 Å². The van der Waals surface area contributed by atoms with E-state index in [-0.39, 0.29) is 35.5 Å². The molecule has 3 aliphatic rings. The van der Waals surface area contributed by atoms with Crippen molar-refractivity contribution in [1.29, 1.82) is 0 Å². The third kappa shape index (κ3) is 2.63. The number of hydrogen-bond donors (Lipinski definition) is 0. The van der Waals surface area contributed by atoms with Crippen molar-refractivity contribution in [1.82, 2.24) is 0 Å². The number of imide groups is 1. The van der Waals surface area contributed by atoms with Crippen LogP contribution in [0.25, 0.3) is 0 Å². The van der Waals surface area contributed by atoms with Gasteiger partial charge in [0.05, 0.1) is 23.1 Å². The first-order valence-electron chi connectivity index (χ1n) is 9.17. The van der Waals surface area contributed by atoms with Crippen LogP contribution in [0.1, 0.15) is 16.8 Å². The predicted molar refractivity (Wildman–Crippen MR) is 106 cm³/mol. The number of ether oxygens (including phenoxy) is 1. The molecule has 2 aromatic carbocycles. The number of hydrogen-bond acceptors (Lipinski definition) is 4. The second-order valence-corrected chi connectivity index (χ2v) is 8.32. The van der Waals surface area contributed by atoms with E-state index in [9.17, 15) is 14.4 Å². The number of anilines is 1. The summed E-state index contributed by atoms with van der Waals surface area (Å²) in [7, 11) is 0. The Kier molecular flexibility index (Phi) is 3.98. The molecule has 28 heavy (non-hydrogen) atoms. The minimum Gasteiger partial charge on any atom is -0.423 e. The molecule has 0 spiro atoms. The van der Waals surface area contributed by atoms with Crippen LogP contribution in [-0.2, 0) is 9.59 Å². The Morgan fingerprint density at radius 1 is 0.964 bits per heavy atom. The zero-order valence-electron chi connectivity index (χ0n) is 14.7. The van der Waals surface area contributed by atoms with E-state index < -0.39 is 5.97 Å². The highest BCUT2D eigenvalue weighted by atomic mass is 79.9. The van der Waals surface area contributed by atoms with Gasteiger partial charge in [-0.15, -0.1) is 0 Å². The Morgan fingerprint density at radius 3 is 2.25 bits per heavy atom. The Bertz CT molecular complexity index is 999. The van der Waals surface area contributed by atoms with Crippen LogP contribution in [0, 0.1) is 23.7 Å². The fourth-order valence-electron chi connectivity index (χ4n) is 4.59. The predicted octanol–water partition coefficient (Wildman–Crippen LogP) is 3.98. The summed E-state index contributed by atoms with van der Waals surface area (Å²) in [6, 6.07) is 13.4. The molecule has 2 amide bonds. The number of fused-ring (bicyclic) bond motifs is 5. The number of nitrogens with zero attached hydrogens (tertiary/aromatic N) is 1. The number of allylic oxidation sites excluding steroid dienone is 2. The first kappa shape index (κ1) is 17.4. The van der Waals surface area contributed by atoms with E-state index in [0.29, 0.717) is 17.0 Å². The van der Waals surface area contributed by atoms with Crippen LogP contribution < -0.4 is 9.64 Å². The lowest BCUT2D eigenvalue weighted by molar-refractivity contribution is -0.123. The molecule has 2 aromatic rings. The average Bonchev–Trinajstić information content (AvgIpc) is 3.36. The number of carbonyl (C=O) groups is 3. The zero-order valence-corrected chi connectivity index (χ0v) is 16.3. The van der Waals surface area contributed by atoms with Gasteiger partial charge < -0.3 is 4.74 Å². The Labute approximate surface area is 170 Å². The second-order valence-electron chi connectivity index (χ2n) is 7.41. The highest BCUT2D eigenvalue weighted by molar-refractivity contribution is 9.10. The van der Waals surface area contributed by atoms with Crippen LogP contribution in [0.3, 0.4) is 0 Å². The summed E-state index contributed by atoms with van der Waals surface area (Å²) < 4.78 is 6.31. The molecule has 1 aliphatic heterocycles. The third-order valence-corrected chi connectivity index (χ3v) is 6.37. The molecule has 5 rings (SSSR count). The fraction of sp³-hybridized carbons (Fsp3) is 0.227. The van der Waals surface area contributed by atoms with E-state index in [1.165, 1.54) is 4.90 Å². The summed E-state index contributed by atoms with van der Waals surface area (Å²) in [6.07, 6.45) is 5.03. The van der Waals surface area contributed by atoms with Crippen molar-refractivity contribution in [2.75, 3.05) is 4.90 Å². The lowest BCUT2D eigenvalue weighted by Crippen LogP contribution is -2.32. The summed E-state index contributed by atoms with van der Waals surface area (Å²) in [6.45, 7) is 0. The summed E-state index contributed by atoms with van der Waals surface area (Å²) in [4.78, 5) is 39.5. The summed E-state index contributed by atoms with van der Waals surface area (Å²) >= 11 is 3.33. The van der Waals surface area contributed by atoms with Gasteiger partial charge >= 0.3 is 5.97 Å². The Hall–Kier alpha value is -2.73. The molecule has 6 heteroatoms. The quantitative estimate of drug-likeness (QED) is 0.315. The van der Waals surface area contributed by atoms with Crippen molar-refractivity contribution in [2.24, 2.45) is 23.7 Å².